The lowest BCUT2D eigenvalue weighted by atomic mass is 10.3. The van der Waals surface area contributed by atoms with E-state index in [2.05, 4.69) is 30.4 Å². The molecule has 20 heavy (non-hydrogen) atoms. The van der Waals surface area contributed by atoms with Gasteiger partial charge in [-0.3, -0.25) is 0 Å². The van der Waals surface area contributed by atoms with Gasteiger partial charge in [-0.2, -0.15) is 24.7 Å². The van der Waals surface area contributed by atoms with Gasteiger partial charge in [0.1, 0.15) is 12.7 Å². The Morgan fingerprint density at radius 2 is 2.15 bits per heavy atom. The molecule has 9 heteroatoms. The fourth-order valence-corrected chi connectivity index (χ4v) is 2.12. The minimum absolute atomic E-state index is 0.0181. The van der Waals surface area contributed by atoms with Gasteiger partial charge in [-0.25, -0.2) is 4.98 Å². The number of nitrogens with one attached hydrogen (secondary N) is 1. The second-order valence-corrected chi connectivity index (χ2v) is 5.52. The highest BCUT2D eigenvalue weighted by molar-refractivity contribution is 7.99. The molecule has 0 spiro atoms. The molecule has 0 fully saturated rings. The number of rotatable bonds is 6. The second kappa shape index (κ2) is 6.62. The van der Waals surface area contributed by atoms with Crippen molar-refractivity contribution >= 4 is 17.7 Å². The normalized spacial score (nSPS) is 14.0. The van der Waals surface area contributed by atoms with Crippen LogP contribution >= 0.6 is 11.8 Å². The van der Waals surface area contributed by atoms with E-state index in [9.17, 15) is 5.11 Å². The molecule has 0 aliphatic carbocycles. The minimum atomic E-state index is -0.450. The van der Waals surface area contributed by atoms with Gasteiger partial charge in [-0.05, 0) is 13.8 Å². The van der Waals surface area contributed by atoms with E-state index in [1.807, 2.05) is 13.8 Å². The number of aromatic nitrogens is 6. The molecule has 0 amide bonds. The van der Waals surface area contributed by atoms with Crippen molar-refractivity contribution in [2.45, 2.75) is 37.3 Å². The third-order valence-corrected chi connectivity index (χ3v) is 3.69. The Morgan fingerprint density at radius 3 is 2.75 bits per heavy atom. The number of nitrogens with zero attached hydrogens (tertiary/aromatic N) is 6. The van der Waals surface area contributed by atoms with Crippen LogP contribution in [0, 0.1) is 0 Å². The van der Waals surface area contributed by atoms with Crippen molar-refractivity contribution in [2.24, 2.45) is 0 Å². The lowest BCUT2D eigenvalue weighted by molar-refractivity contribution is 0.196. The first-order chi connectivity index (χ1) is 9.60. The molecule has 2 atom stereocenters. The van der Waals surface area contributed by atoms with Gasteiger partial charge in [0.2, 0.25) is 5.95 Å². The van der Waals surface area contributed by atoms with E-state index in [1.165, 1.54) is 29.1 Å². The standard InChI is InChI=1S/C11H17N7OS/c1-4-13-9-15-10(18-6-12-5-14-18)17-11(16-9)20-8(3)7(2)19/h5-8,19H,4H2,1-3H3,(H,13,15,16,17). The largest absolute Gasteiger partial charge is 0.392 e. The summed E-state index contributed by atoms with van der Waals surface area (Å²) in [6.45, 7) is 6.32. The van der Waals surface area contributed by atoms with Crippen LogP contribution in [-0.2, 0) is 0 Å². The van der Waals surface area contributed by atoms with Gasteiger partial charge < -0.3 is 10.4 Å². The Hall–Kier alpha value is -1.74. The van der Waals surface area contributed by atoms with Gasteiger partial charge in [-0.1, -0.05) is 18.7 Å². The van der Waals surface area contributed by atoms with Gasteiger partial charge in [-0.15, -0.1) is 0 Å². The molecule has 0 bridgehead atoms. The van der Waals surface area contributed by atoms with Crippen molar-refractivity contribution in [3.05, 3.63) is 12.7 Å². The van der Waals surface area contributed by atoms with Crippen molar-refractivity contribution < 1.29 is 5.11 Å². The number of aliphatic hydroxyl groups is 1. The van der Waals surface area contributed by atoms with E-state index < -0.39 is 6.10 Å². The molecular formula is C11H17N7OS. The second-order valence-electron chi connectivity index (χ2n) is 4.18. The number of hydrogen-bond donors (Lipinski definition) is 2. The van der Waals surface area contributed by atoms with Crippen LogP contribution in [0.15, 0.2) is 17.8 Å². The molecule has 2 N–H and O–H groups in total. The predicted molar refractivity (Wildman–Crippen MR) is 75.9 cm³/mol. The topological polar surface area (TPSA) is 102 Å². The monoisotopic (exact) mass is 295 g/mol. The summed E-state index contributed by atoms with van der Waals surface area (Å²) in [4.78, 5) is 16.8. The number of thioether (sulfide) groups is 1. The van der Waals surface area contributed by atoms with Crippen LogP contribution in [0.5, 0.6) is 0 Å². The van der Waals surface area contributed by atoms with Crippen molar-refractivity contribution in [3.8, 4) is 5.95 Å². The summed E-state index contributed by atoms with van der Waals surface area (Å²) in [5, 5.41) is 17.2. The molecule has 2 unspecified atom stereocenters. The van der Waals surface area contributed by atoms with Gasteiger partial charge in [0, 0.05) is 11.8 Å². The average molecular weight is 295 g/mol. The first kappa shape index (κ1) is 14.7. The molecule has 0 aromatic carbocycles. The summed E-state index contributed by atoms with van der Waals surface area (Å²) in [6, 6.07) is 0. The van der Waals surface area contributed by atoms with Crippen LogP contribution in [0.1, 0.15) is 20.8 Å². The number of hydrogen-bond acceptors (Lipinski definition) is 8. The quantitative estimate of drug-likeness (QED) is 0.753. The zero-order chi connectivity index (χ0) is 14.5. The Morgan fingerprint density at radius 1 is 1.35 bits per heavy atom. The van der Waals surface area contributed by atoms with Gasteiger partial charge >= 0.3 is 0 Å². The molecule has 0 saturated carbocycles. The Balaban J connectivity index is 2.31. The van der Waals surface area contributed by atoms with Crippen LogP contribution in [0.3, 0.4) is 0 Å². The molecule has 0 aliphatic heterocycles. The highest BCUT2D eigenvalue weighted by Crippen LogP contribution is 2.23. The summed E-state index contributed by atoms with van der Waals surface area (Å²) in [5.41, 5.74) is 0. The van der Waals surface area contributed by atoms with E-state index in [0.717, 1.165) is 0 Å². The van der Waals surface area contributed by atoms with E-state index >= 15 is 0 Å². The van der Waals surface area contributed by atoms with Gasteiger partial charge in [0.15, 0.2) is 5.16 Å². The summed E-state index contributed by atoms with van der Waals surface area (Å²) >= 11 is 1.39. The first-order valence-electron chi connectivity index (χ1n) is 6.29. The highest BCUT2D eigenvalue weighted by Gasteiger charge is 2.15. The lowest BCUT2D eigenvalue weighted by Crippen LogP contribution is -2.17. The molecule has 0 aliphatic rings. The molecule has 8 nitrogen and oxygen atoms in total. The molecule has 108 valence electrons. The lowest BCUT2D eigenvalue weighted by Gasteiger charge is -2.13. The van der Waals surface area contributed by atoms with Gasteiger partial charge in [0.05, 0.1) is 6.10 Å². The fourth-order valence-electron chi connectivity index (χ4n) is 1.31. The highest BCUT2D eigenvalue weighted by atomic mass is 32.2. The van der Waals surface area contributed by atoms with Crippen LogP contribution in [0.4, 0.5) is 5.95 Å². The number of anilines is 1. The summed E-state index contributed by atoms with van der Waals surface area (Å²) in [6.07, 6.45) is 2.49. The first-order valence-corrected chi connectivity index (χ1v) is 7.17. The van der Waals surface area contributed by atoms with Crippen LogP contribution in [-0.4, -0.2) is 52.7 Å². The molecular weight excluding hydrogens is 278 g/mol. The van der Waals surface area contributed by atoms with Crippen molar-refractivity contribution in [3.63, 3.8) is 0 Å². The van der Waals surface area contributed by atoms with Crippen molar-refractivity contribution in [1.82, 2.24) is 29.7 Å². The van der Waals surface area contributed by atoms with E-state index in [0.29, 0.717) is 23.6 Å². The van der Waals surface area contributed by atoms with Crippen LogP contribution in [0.25, 0.3) is 5.95 Å². The van der Waals surface area contributed by atoms with Crippen LogP contribution < -0.4 is 5.32 Å². The van der Waals surface area contributed by atoms with Crippen molar-refractivity contribution in [1.29, 1.82) is 0 Å². The SMILES string of the molecule is CCNc1nc(SC(C)C(C)O)nc(-n2cncn2)n1. The third kappa shape index (κ3) is 3.64. The summed E-state index contributed by atoms with van der Waals surface area (Å²) in [5.74, 6) is 0.877. The van der Waals surface area contributed by atoms with Crippen LogP contribution in [0.2, 0.25) is 0 Å². The Kier molecular flexibility index (Phi) is 4.85. The summed E-state index contributed by atoms with van der Waals surface area (Å²) in [7, 11) is 0. The minimum Gasteiger partial charge on any atom is -0.392 e. The predicted octanol–water partition coefficient (Wildman–Crippen LogP) is 0.745. The summed E-state index contributed by atoms with van der Waals surface area (Å²) < 4.78 is 1.47. The maximum Gasteiger partial charge on any atom is 0.257 e. The molecule has 0 saturated heterocycles. The molecule has 2 aromatic heterocycles. The van der Waals surface area contributed by atoms with E-state index in [-0.39, 0.29) is 5.25 Å². The number of aliphatic hydroxyl groups excluding tert-OH is 1. The smallest absolute Gasteiger partial charge is 0.257 e. The maximum absolute atomic E-state index is 9.57. The molecule has 2 rings (SSSR count). The molecule has 2 aromatic rings. The Labute approximate surface area is 121 Å². The zero-order valence-corrected chi connectivity index (χ0v) is 12.4. The molecule has 0 radical (unpaired) electrons. The third-order valence-electron chi connectivity index (χ3n) is 2.53. The van der Waals surface area contributed by atoms with Gasteiger partial charge in [0.25, 0.3) is 5.95 Å². The van der Waals surface area contributed by atoms with Crippen molar-refractivity contribution in [2.75, 3.05) is 11.9 Å². The molecule has 2 heterocycles. The fraction of sp³-hybridized carbons (Fsp3) is 0.545. The average Bonchev–Trinajstić information content (AvgIpc) is 2.92. The van der Waals surface area contributed by atoms with E-state index in [1.54, 1.807) is 6.92 Å². The Bertz CT molecular complexity index is 546. The maximum atomic E-state index is 9.57. The zero-order valence-electron chi connectivity index (χ0n) is 11.6. The van der Waals surface area contributed by atoms with E-state index in [4.69, 9.17) is 0 Å².